The first-order chi connectivity index (χ1) is 12.5. The maximum absolute atomic E-state index is 11.9. The minimum Gasteiger partial charge on any atom is -0.493 e. The molecule has 0 saturated carbocycles. The van der Waals surface area contributed by atoms with E-state index in [1.807, 2.05) is 6.92 Å². The van der Waals surface area contributed by atoms with Gasteiger partial charge in [0.15, 0.2) is 16.6 Å². The predicted octanol–water partition coefficient (Wildman–Crippen LogP) is 2.88. The molecule has 2 rings (SSSR count). The second kappa shape index (κ2) is 9.38. The number of nitrogens with zero attached hydrogens (tertiary/aromatic N) is 1. The van der Waals surface area contributed by atoms with Crippen molar-refractivity contribution >= 4 is 29.5 Å². The van der Waals surface area contributed by atoms with Crippen molar-refractivity contribution in [3.8, 4) is 11.5 Å². The zero-order valence-corrected chi connectivity index (χ0v) is 15.3. The van der Waals surface area contributed by atoms with E-state index in [0.717, 1.165) is 11.1 Å². The zero-order chi connectivity index (χ0) is 18.9. The van der Waals surface area contributed by atoms with Crippen molar-refractivity contribution in [1.29, 1.82) is 0 Å². The highest BCUT2D eigenvalue weighted by atomic mass is 32.1. The van der Waals surface area contributed by atoms with Crippen LogP contribution in [0, 0.1) is 0 Å². The number of hydrogen-bond donors (Lipinski definition) is 2. The number of hydrazone groups is 1. The van der Waals surface area contributed by atoms with Crippen LogP contribution in [0.15, 0.2) is 58.3 Å². The molecule has 1 aromatic carbocycles. The summed E-state index contributed by atoms with van der Waals surface area (Å²) in [6.45, 7) is 6.24. The summed E-state index contributed by atoms with van der Waals surface area (Å²) in [5.41, 5.74) is 4.39. The highest BCUT2D eigenvalue weighted by Gasteiger charge is 2.14. The summed E-state index contributed by atoms with van der Waals surface area (Å²) in [7, 11) is 1.48. The van der Waals surface area contributed by atoms with Crippen molar-refractivity contribution in [2.45, 2.75) is 6.92 Å². The normalized spacial score (nSPS) is 10.4. The summed E-state index contributed by atoms with van der Waals surface area (Å²) < 4.78 is 15.5. The van der Waals surface area contributed by atoms with Crippen LogP contribution in [0.4, 0.5) is 0 Å². The molecule has 1 aromatic heterocycles. The van der Waals surface area contributed by atoms with Crippen LogP contribution >= 0.6 is 12.2 Å². The van der Waals surface area contributed by atoms with Crippen LogP contribution in [0.25, 0.3) is 0 Å². The van der Waals surface area contributed by atoms with Gasteiger partial charge in [-0.3, -0.25) is 5.43 Å². The molecule has 0 aliphatic heterocycles. The smallest absolute Gasteiger partial charge is 0.379 e. The Morgan fingerprint density at radius 2 is 2.19 bits per heavy atom. The largest absolute Gasteiger partial charge is 0.493 e. The van der Waals surface area contributed by atoms with Gasteiger partial charge in [0.25, 0.3) is 0 Å². The fourth-order valence-electron chi connectivity index (χ4n) is 1.83. The third kappa shape index (κ3) is 5.75. The lowest BCUT2D eigenvalue weighted by Crippen LogP contribution is -2.32. The Balaban J connectivity index is 1.99. The Labute approximate surface area is 156 Å². The van der Waals surface area contributed by atoms with E-state index in [1.165, 1.54) is 19.4 Å². The van der Waals surface area contributed by atoms with Crippen LogP contribution in [-0.4, -0.2) is 31.0 Å². The maximum Gasteiger partial charge on any atom is 0.379 e. The Kier molecular flexibility index (Phi) is 6.92. The molecule has 0 amide bonds. The van der Waals surface area contributed by atoms with Gasteiger partial charge in [0.05, 0.1) is 19.6 Å². The minimum atomic E-state index is -0.606. The molecule has 0 unspecified atom stereocenters. The van der Waals surface area contributed by atoms with E-state index in [-0.39, 0.29) is 11.5 Å². The Morgan fingerprint density at radius 1 is 1.38 bits per heavy atom. The number of thiocarbonyl (C=S) groups is 1. The van der Waals surface area contributed by atoms with Gasteiger partial charge in [0.1, 0.15) is 0 Å². The Bertz CT molecular complexity index is 816. The van der Waals surface area contributed by atoms with Crippen molar-refractivity contribution < 1.29 is 18.7 Å². The SMILES string of the molecule is C=C(C)CNC(=S)N/N=C\c1ccc(OC(=O)c2ccco2)c(OC)c1. The average Bonchev–Trinajstić information content (AvgIpc) is 3.16. The monoisotopic (exact) mass is 373 g/mol. The number of ether oxygens (including phenoxy) is 2. The molecule has 0 aliphatic rings. The number of carbonyl (C=O) groups is 1. The molecular formula is C18H19N3O4S. The van der Waals surface area contributed by atoms with E-state index in [4.69, 9.17) is 26.1 Å². The summed E-state index contributed by atoms with van der Waals surface area (Å²) >= 11 is 5.08. The fourth-order valence-corrected chi connectivity index (χ4v) is 1.95. The van der Waals surface area contributed by atoms with Crippen LogP contribution in [0.1, 0.15) is 23.0 Å². The molecule has 7 nitrogen and oxygen atoms in total. The average molecular weight is 373 g/mol. The lowest BCUT2D eigenvalue weighted by molar-refractivity contribution is 0.0696. The van der Waals surface area contributed by atoms with Crippen LogP contribution in [0.3, 0.4) is 0 Å². The van der Waals surface area contributed by atoms with E-state index in [1.54, 1.807) is 30.5 Å². The summed E-state index contributed by atoms with van der Waals surface area (Å²) in [6.07, 6.45) is 2.96. The molecule has 1 heterocycles. The maximum atomic E-state index is 11.9. The molecule has 2 aromatic rings. The van der Waals surface area contributed by atoms with Gasteiger partial charge in [0, 0.05) is 6.54 Å². The molecule has 8 heteroatoms. The summed E-state index contributed by atoms with van der Waals surface area (Å²) in [4.78, 5) is 11.9. The van der Waals surface area contributed by atoms with Crippen molar-refractivity contribution in [2.75, 3.05) is 13.7 Å². The predicted molar refractivity (Wildman–Crippen MR) is 103 cm³/mol. The van der Waals surface area contributed by atoms with Gasteiger partial charge in [-0.2, -0.15) is 5.10 Å². The minimum absolute atomic E-state index is 0.109. The van der Waals surface area contributed by atoms with Crippen LogP contribution in [-0.2, 0) is 0 Å². The van der Waals surface area contributed by atoms with Gasteiger partial charge in [-0.05, 0) is 55.0 Å². The van der Waals surface area contributed by atoms with E-state index in [0.29, 0.717) is 17.4 Å². The summed E-state index contributed by atoms with van der Waals surface area (Å²) in [5, 5.41) is 7.38. The number of benzene rings is 1. The van der Waals surface area contributed by atoms with E-state index < -0.39 is 5.97 Å². The second-order valence-electron chi connectivity index (χ2n) is 5.29. The fraction of sp³-hybridized carbons (Fsp3) is 0.167. The number of hydrogen-bond acceptors (Lipinski definition) is 6. The lowest BCUT2D eigenvalue weighted by atomic mass is 10.2. The molecule has 0 aliphatic carbocycles. The van der Waals surface area contributed by atoms with Crippen molar-refractivity contribution in [2.24, 2.45) is 5.10 Å². The molecule has 0 fully saturated rings. The van der Waals surface area contributed by atoms with E-state index in [2.05, 4.69) is 22.4 Å². The first-order valence-electron chi connectivity index (χ1n) is 7.64. The highest BCUT2D eigenvalue weighted by molar-refractivity contribution is 7.80. The van der Waals surface area contributed by atoms with E-state index in [9.17, 15) is 4.79 Å². The molecule has 26 heavy (non-hydrogen) atoms. The zero-order valence-electron chi connectivity index (χ0n) is 14.4. The van der Waals surface area contributed by atoms with Gasteiger partial charge < -0.3 is 19.2 Å². The molecule has 0 saturated heterocycles. The van der Waals surface area contributed by atoms with Crippen molar-refractivity contribution in [1.82, 2.24) is 10.7 Å². The molecule has 2 N–H and O–H groups in total. The summed E-state index contributed by atoms with van der Waals surface area (Å²) in [5.74, 6) is 0.164. The lowest BCUT2D eigenvalue weighted by Gasteiger charge is -2.09. The Hall–Kier alpha value is -3.13. The number of esters is 1. The van der Waals surface area contributed by atoms with Gasteiger partial charge in [0.2, 0.25) is 5.76 Å². The van der Waals surface area contributed by atoms with Gasteiger partial charge in [-0.1, -0.05) is 12.2 Å². The molecule has 136 valence electrons. The van der Waals surface area contributed by atoms with E-state index >= 15 is 0 Å². The molecule has 0 atom stereocenters. The number of rotatable bonds is 7. The second-order valence-corrected chi connectivity index (χ2v) is 5.70. The number of furan rings is 1. The van der Waals surface area contributed by atoms with Gasteiger partial charge in [-0.15, -0.1) is 0 Å². The van der Waals surface area contributed by atoms with Crippen LogP contribution in [0.5, 0.6) is 11.5 Å². The van der Waals surface area contributed by atoms with Crippen molar-refractivity contribution in [3.63, 3.8) is 0 Å². The third-order valence-corrected chi connectivity index (χ3v) is 3.28. The first-order valence-corrected chi connectivity index (χ1v) is 8.05. The standard InChI is InChI=1S/C18H19N3O4S/c1-12(2)10-19-18(26)21-20-11-13-6-7-14(16(9-13)23-3)25-17(22)15-5-4-8-24-15/h4-9,11H,1,10H2,2-3H3,(H2,19,21,26)/b20-11-. The Morgan fingerprint density at radius 3 is 2.85 bits per heavy atom. The molecular weight excluding hydrogens is 354 g/mol. The first kappa shape index (κ1) is 19.2. The van der Waals surface area contributed by atoms with Crippen molar-refractivity contribution in [3.05, 3.63) is 60.1 Å². The molecule has 0 spiro atoms. The molecule has 0 bridgehead atoms. The molecule has 0 radical (unpaired) electrons. The van der Waals surface area contributed by atoms with Crippen LogP contribution < -0.4 is 20.2 Å². The summed E-state index contributed by atoms with van der Waals surface area (Å²) in [6, 6.07) is 8.14. The number of nitrogens with one attached hydrogen (secondary N) is 2. The van der Waals surface area contributed by atoms with Gasteiger partial charge >= 0.3 is 5.97 Å². The third-order valence-electron chi connectivity index (χ3n) is 3.04. The highest BCUT2D eigenvalue weighted by Crippen LogP contribution is 2.28. The number of methoxy groups -OCH3 is 1. The topological polar surface area (TPSA) is 85.1 Å². The van der Waals surface area contributed by atoms with Crippen LogP contribution in [0.2, 0.25) is 0 Å². The number of carbonyl (C=O) groups excluding carboxylic acids is 1. The van der Waals surface area contributed by atoms with Gasteiger partial charge in [-0.25, -0.2) is 4.79 Å². The quantitative estimate of drug-likeness (QED) is 0.193.